The third-order valence-electron chi connectivity index (χ3n) is 2.53. The second kappa shape index (κ2) is 5.85. The maximum absolute atomic E-state index is 11.2. The number of halogens is 2. The summed E-state index contributed by atoms with van der Waals surface area (Å²) in [4.78, 5) is 11.2. The van der Waals surface area contributed by atoms with Crippen LogP contribution < -0.4 is 0 Å². The maximum Gasteiger partial charge on any atom is 0.150 e. The normalized spacial score (nSPS) is 11.3. The van der Waals surface area contributed by atoms with Gasteiger partial charge in [0, 0.05) is 21.2 Å². The Morgan fingerprint density at radius 3 is 2.11 bits per heavy atom. The van der Waals surface area contributed by atoms with Crippen LogP contribution in [0.2, 0.25) is 10.0 Å². The van der Waals surface area contributed by atoms with E-state index < -0.39 is 0 Å². The number of carbonyl (C=O) groups is 1. The van der Waals surface area contributed by atoms with E-state index in [0.717, 1.165) is 11.8 Å². The quantitative estimate of drug-likeness (QED) is 0.450. The molecule has 0 unspecified atom stereocenters. The van der Waals surface area contributed by atoms with Gasteiger partial charge in [0.15, 0.2) is 6.29 Å². The van der Waals surface area contributed by atoms with Crippen molar-refractivity contribution in [2.24, 2.45) is 0 Å². The van der Waals surface area contributed by atoms with Crippen LogP contribution >= 0.6 is 23.2 Å². The van der Waals surface area contributed by atoms with Crippen molar-refractivity contribution in [3.63, 3.8) is 0 Å². The second-order valence-corrected chi connectivity index (χ2v) is 4.53. The van der Waals surface area contributed by atoms with Crippen LogP contribution in [0.3, 0.4) is 0 Å². The number of aldehydes is 1. The van der Waals surface area contributed by atoms with Crippen molar-refractivity contribution in [1.29, 1.82) is 0 Å². The van der Waals surface area contributed by atoms with E-state index in [-0.39, 0.29) is 0 Å². The van der Waals surface area contributed by atoms with Gasteiger partial charge in [-0.15, -0.1) is 0 Å². The molecule has 0 bridgehead atoms. The first kappa shape index (κ1) is 12.9. The number of carbonyl (C=O) groups excluding carboxylic acids is 1. The van der Waals surface area contributed by atoms with Crippen LogP contribution in [0.4, 0.5) is 0 Å². The molecule has 0 spiro atoms. The van der Waals surface area contributed by atoms with Crippen molar-refractivity contribution in [2.75, 3.05) is 0 Å². The minimum Gasteiger partial charge on any atom is -0.298 e. The van der Waals surface area contributed by atoms with Gasteiger partial charge in [0.05, 0.1) is 0 Å². The Hall–Kier alpha value is -1.57. The van der Waals surface area contributed by atoms with Crippen molar-refractivity contribution in [1.82, 2.24) is 0 Å². The molecule has 0 aliphatic heterocycles. The molecule has 0 heterocycles. The summed E-state index contributed by atoms with van der Waals surface area (Å²) in [7, 11) is 0. The summed E-state index contributed by atoms with van der Waals surface area (Å²) >= 11 is 12.1. The fourth-order valence-electron chi connectivity index (χ4n) is 1.63. The number of allylic oxidation sites excluding steroid dienone is 1. The largest absolute Gasteiger partial charge is 0.298 e. The van der Waals surface area contributed by atoms with E-state index in [1.165, 1.54) is 0 Å². The summed E-state index contributed by atoms with van der Waals surface area (Å²) in [6, 6.07) is 14.6. The van der Waals surface area contributed by atoms with E-state index in [1.807, 2.05) is 30.3 Å². The zero-order valence-electron chi connectivity index (χ0n) is 9.44. The molecular weight excluding hydrogens is 267 g/mol. The Morgan fingerprint density at radius 1 is 0.889 bits per heavy atom. The first-order valence-electron chi connectivity index (χ1n) is 5.38. The summed E-state index contributed by atoms with van der Waals surface area (Å²) in [6.07, 6.45) is 2.51. The number of hydrogen-bond acceptors (Lipinski definition) is 1. The first-order valence-corrected chi connectivity index (χ1v) is 6.14. The minimum absolute atomic E-state index is 0.508. The van der Waals surface area contributed by atoms with Crippen LogP contribution in [-0.4, -0.2) is 6.29 Å². The van der Waals surface area contributed by atoms with Crippen LogP contribution in [0.25, 0.3) is 11.6 Å². The smallest absolute Gasteiger partial charge is 0.150 e. The van der Waals surface area contributed by atoms with Gasteiger partial charge in [0.2, 0.25) is 0 Å². The van der Waals surface area contributed by atoms with E-state index in [9.17, 15) is 4.79 Å². The van der Waals surface area contributed by atoms with Crippen molar-refractivity contribution in [2.45, 2.75) is 0 Å². The predicted molar refractivity (Wildman–Crippen MR) is 76.8 cm³/mol. The van der Waals surface area contributed by atoms with Crippen molar-refractivity contribution in [3.8, 4) is 0 Å². The summed E-state index contributed by atoms with van der Waals surface area (Å²) in [6.45, 7) is 0. The average Bonchev–Trinajstić information content (AvgIpc) is 2.39. The molecule has 0 saturated heterocycles. The van der Waals surface area contributed by atoms with Gasteiger partial charge in [-0.2, -0.15) is 0 Å². The molecule has 1 nitrogen and oxygen atoms in total. The first-order chi connectivity index (χ1) is 8.72. The predicted octanol–water partition coefficient (Wildman–Crippen LogP) is 4.73. The standard InChI is InChI=1S/C15H10Cl2O/c16-14-7-3-1-5-11(14)9-12(10-18)13-6-2-4-8-15(13)17/h1-10H/b12-9-. The molecule has 2 aromatic rings. The lowest BCUT2D eigenvalue weighted by atomic mass is 10.0. The second-order valence-electron chi connectivity index (χ2n) is 3.72. The molecule has 0 amide bonds. The van der Waals surface area contributed by atoms with Gasteiger partial charge in [-0.1, -0.05) is 59.6 Å². The molecule has 2 rings (SSSR count). The van der Waals surface area contributed by atoms with Gasteiger partial charge in [-0.05, 0) is 23.8 Å². The van der Waals surface area contributed by atoms with Crippen molar-refractivity contribution >= 4 is 41.1 Å². The minimum atomic E-state index is 0.508. The zero-order chi connectivity index (χ0) is 13.0. The highest BCUT2D eigenvalue weighted by molar-refractivity contribution is 6.35. The summed E-state index contributed by atoms with van der Waals surface area (Å²) in [5.41, 5.74) is 2.00. The highest BCUT2D eigenvalue weighted by Gasteiger charge is 2.06. The van der Waals surface area contributed by atoms with Gasteiger partial charge in [0.25, 0.3) is 0 Å². The topological polar surface area (TPSA) is 17.1 Å². The fourth-order valence-corrected chi connectivity index (χ4v) is 2.07. The lowest BCUT2D eigenvalue weighted by Gasteiger charge is -2.04. The zero-order valence-corrected chi connectivity index (χ0v) is 10.9. The van der Waals surface area contributed by atoms with E-state index in [0.29, 0.717) is 21.2 Å². The van der Waals surface area contributed by atoms with Crippen molar-refractivity contribution in [3.05, 3.63) is 69.7 Å². The van der Waals surface area contributed by atoms with Crippen LogP contribution in [-0.2, 0) is 4.79 Å². The number of rotatable bonds is 3. The van der Waals surface area contributed by atoms with Gasteiger partial charge in [-0.25, -0.2) is 0 Å². The number of benzene rings is 2. The highest BCUT2D eigenvalue weighted by atomic mass is 35.5. The monoisotopic (exact) mass is 276 g/mol. The van der Waals surface area contributed by atoms with Gasteiger partial charge in [0.1, 0.15) is 0 Å². The molecular formula is C15H10Cl2O. The molecule has 3 heteroatoms. The molecule has 0 aliphatic carbocycles. The SMILES string of the molecule is O=C/C(=C/c1ccccc1Cl)c1ccccc1Cl. The highest BCUT2D eigenvalue weighted by Crippen LogP contribution is 2.26. The lowest BCUT2D eigenvalue weighted by Crippen LogP contribution is -1.87. The molecule has 0 aliphatic rings. The van der Waals surface area contributed by atoms with Crippen LogP contribution in [0.1, 0.15) is 11.1 Å². The molecule has 0 radical (unpaired) electrons. The summed E-state index contributed by atoms with van der Waals surface area (Å²) < 4.78 is 0. The van der Waals surface area contributed by atoms with E-state index in [1.54, 1.807) is 24.3 Å². The molecule has 0 atom stereocenters. The third-order valence-corrected chi connectivity index (χ3v) is 3.20. The molecule has 0 N–H and O–H groups in total. The Morgan fingerprint density at radius 2 is 1.50 bits per heavy atom. The molecule has 90 valence electrons. The summed E-state index contributed by atoms with van der Waals surface area (Å²) in [5, 5.41) is 1.15. The van der Waals surface area contributed by atoms with E-state index in [2.05, 4.69) is 0 Å². The fraction of sp³-hybridized carbons (Fsp3) is 0. The third kappa shape index (κ3) is 2.81. The Labute approximate surface area is 116 Å². The van der Waals surface area contributed by atoms with Crippen LogP contribution in [0.15, 0.2) is 48.5 Å². The van der Waals surface area contributed by atoms with Crippen LogP contribution in [0.5, 0.6) is 0 Å². The average molecular weight is 277 g/mol. The molecule has 18 heavy (non-hydrogen) atoms. The van der Waals surface area contributed by atoms with E-state index >= 15 is 0 Å². The van der Waals surface area contributed by atoms with Gasteiger partial charge < -0.3 is 0 Å². The maximum atomic E-state index is 11.2. The summed E-state index contributed by atoms with van der Waals surface area (Å²) in [5.74, 6) is 0. The molecule has 0 fully saturated rings. The van der Waals surface area contributed by atoms with Gasteiger partial charge >= 0.3 is 0 Å². The Kier molecular flexibility index (Phi) is 4.19. The number of hydrogen-bond donors (Lipinski definition) is 0. The molecule has 0 aromatic heterocycles. The van der Waals surface area contributed by atoms with Crippen LogP contribution in [0, 0.1) is 0 Å². The lowest BCUT2D eigenvalue weighted by molar-refractivity contribution is -0.103. The Bertz CT molecular complexity index is 603. The van der Waals surface area contributed by atoms with E-state index in [4.69, 9.17) is 23.2 Å². The molecule has 0 saturated carbocycles. The Balaban J connectivity index is 2.50. The van der Waals surface area contributed by atoms with Gasteiger partial charge in [-0.3, -0.25) is 4.79 Å². The molecule has 2 aromatic carbocycles. The van der Waals surface area contributed by atoms with Crippen molar-refractivity contribution < 1.29 is 4.79 Å².